The Hall–Kier alpha value is -1.08. The Morgan fingerprint density at radius 2 is 2.06 bits per heavy atom. The third-order valence-electron chi connectivity index (χ3n) is 2.17. The fraction of sp³-hybridized carbons (Fsp3) is 0.700. The zero-order valence-corrected chi connectivity index (χ0v) is 11.5. The largest absolute Gasteiger partial charge is 0.300 e. The van der Waals surface area contributed by atoms with E-state index < -0.39 is 10.2 Å². The predicted octanol–water partition coefficient (Wildman–Crippen LogP) is 1.36. The van der Waals surface area contributed by atoms with Crippen LogP contribution < -0.4 is 9.44 Å². The van der Waals surface area contributed by atoms with E-state index >= 15 is 0 Å². The number of nitrogens with zero attached hydrogens (tertiary/aromatic N) is 1. The van der Waals surface area contributed by atoms with Gasteiger partial charge in [-0.2, -0.15) is 18.2 Å². The average molecular weight is 260 g/mol. The second-order valence-corrected chi connectivity index (χ2v) is 6.42. The summed E-state index contributed by atoms with van der Waals surface area (Å²) in [7, 11) is -3.51. The van der Waals surface area contributed by atoms with Gasteiger partial charge in [0.15, 0.2) is 5.82 Å². The van der Waals surface area contributed by atoms with Gasteiger partial charge in [-0.25, -0.2) is 0 Å². The Kier molecular flexibility index (Phi) is 4.16. The lowest BCUT2D eigenvalue weighted by molar-refractivity contribution is 0.567. The van der Waals surface area contributed by atoms with E-state index in [1.807, 2.05) is 27.7 Å². The van der Waals surface area contributed by atoms with Crippen molar-refractivity contribution in [3.8, 4) is 0 Å². The molecule has 0 aliphatic carbocycles. The standard InChI is InChI=1S/C10H20N4O2S/c1-5-6-11-17(15,16)14-9-7-8(12-13-9)10(2,3)4/h7,11H,5-6H2,1-4H3,(H2,12,13,14). The Morgan fingerprint density at radius 3 is 2.53 bits per heavy atom. The number of aromatic nitrogens is 2. The Bertz CT molecular complexity index is 459. The van der Waals surface area contributed by atoms with E-state index in [0.717, 1.165) is 12.1 Å². The summed E-state index contributed by atoms with van der Waals surface area (Å²) < 4.78 is 27.9. The summed E-state index contributed by atoms with van der Waals surface area (Å²) >= 11 is 0. The highest BCUT2D eigenvalue weighted by Crippen LogP contribution is 2.22. The van der Waals surface area contributed by atoms with Gasteiger partial charge in [0.1, 0.15) is 0 Å². The molecule has 0 atom stereocenters. The van der Waals surface area contributed by atoms with Gasteiger partial charge >= 0.3 is 0 Å². The van der Waals surface area contributed by atoms with Crippen LogP contribution in [0.4, 0.5) is 5.82 Å². The summed E-state index contributed by atoms with van der Waals surface area (Å²) in [6.07, 6.45) is 0.745. The van der Waals surface area contributed by atoms with Crippen molar-refractivity contribution in [2.45, 2.75) is 39.5 Å². The molecule has 0 bridgehead atoms. The molecule has 17 heavy (non-hydrogen) atoms. The Labute approximate surface area is 102 Å². The maximum atomic E-state index is 11.5. The van der Waals surface area contributed by atoms with Crippen LogP contribution in [0.25, 0.3) is 0 Å². The lowest BCUT2D eigenvalue weighted by Crippen LogP contribution is -2.30. The monoisotopic (exact) mass is 260 g/mol. The van der Waals surface area contributed by atoms with Crippen LogP contribution in [0.2, 0.25) is 0 Å². The van der Waals surface area contributed by atoms with Crippen LogP contribution in [0.15, 0.2) is 6.07 Å². The minimum atomic E-state index is -3.51. The normalized spacial score (nSPS) is 12.7. The van der Waals surface area contributed by atoms with Crippen molar-refractivity contribution in [2.24, 2.45) is 0 Å². The minimum Gasteiger partial charge on any atom is -0.280 e. The van der Waals surface area contributed by atoms with E-state index in [1.54, 1.807) is 6.07 Å². The van der Waals surface area contributed by atoms with Crippen LogP contribution in [0, 0.1) is 0 Å². The van der Waals surface area contributed by atoms with Crippen LogP contribution in [0.1, 0.15) is 39.8 Å². The van der Waals surface area contributed by atoms with Crippen LogP contribution in [0.5, 0.6) is 0 Å². The molecule has 0 aliphatic heterocycles. The molecule has 0 saturated carbocycles. The van der Waals surface area contributed by atoms with Gasteiger partial charge in [-0.3, -0.25) is 9.82 Å². The van der Waals surface area contributed by atoms with Gasteiger partial charge in [0.2, 0.25) is 0 Å². The number of hydrogen-bond donors (Lipinski definition) is 3. The minimum absolute atomic E-state index is 0.0897. The van der Waals surface area contributed by atoms with E-state index in [1.165, 1.54) is 0 Å². The van der Waals surface area contributed by atoms with Gasteiger partial charge in [-0.15, -0.1) is 0 Å². The van der Waals surface area contributed by atoms with E-state index in [9.17, 15) is 8.42 Å². The third kappa shape index (κ3) is 4.35. The molecule has 0 unspecified atom stereocenters. The van der Waals surface area contributed by atoms with Gasteiger partial charge in [0.25, 0.3) is 10.2 Å². The van der Waals surface area contributed by atoms with Crippen molar-refractivity contribution in [1.29, 1.82) is 0 Å². The maximum Gasteiger partial charge on any atom is 0.300 e. The molecule has 1 aromatic heterocycles. The van der Waals surface area contributed by atoms with Crippen LogP contribution >= 0.6 is 0 Å². The van der Waals surface area contributed by atoms with Crippen LogP contribution in [-0.2, 0) is 15.6 Å². The van der Waals surface area contributed by atoms with Crippen molar-refractivity contribution in [3.05, 3.63) is 11.8 Å². The van der Waals surface area contributed by atoms with E-state index in [2.05, 4.69) is 19.6 Å². The number of aromatic amines is 1. The molecule has 0 aliphatic rings. The highest BCUT2D eigenvalue weighted by molar-refractivity contribution is 7.90. The second-order valence-electron chi connectivity index (χ2n) is 4.92. The summed E-state index contributed by atoms with van der Waals surface area (Å²) in [5.41, 5.74) is 0.791. The molecule has 0 saturated heterocycles. The number of hydrogen-bond acceptors (Lipinski definition) is 3. The van der Waals surface area contributed by atoms with Crippen LogP contribution in [0.3, 0.4) is 0 Å². The zero-order chi connectivity index (χ0) is 13.1. The highest BCUT2D eigenvalue weighted by Gasteiger charge is 2.18. The molecule has 6 nitrogen and oxygen atoms in total. The van der Waals surface area contributed by atoms with Gasteiger partial charge in [-0.05, 0) is 6.42 Å². The molecular weight excluding hydrogens is 240 g/mol. The molecule has 7 heteroatoms. The smallest absolute Gasteiger partial charge is 0.280 e. The Balaban J connectivity index is 2.73. The molecule has 3 N–H and O–H groups in total. The van der Waals surface area contributed by atoms with Crippen LogP contribution in [-0.4, -0.2) is 25.2 Å². The molecule has 1 rings (SSSR count). The quantitative estimate of drug-likeness (QED) is 0.747. The number of nitrogens with one attached hydrogen (secondary N) is 3. The van der Waals surface area contributed by atoms with Gasteiger partial charge in [0.05, 0.1) is 0 Å². The first-order valence-corrected chi connectivity index (χ1v) is 7.06. The SMILES string of the molecule is CCCNS(=O)(=O)Nc1cc(C(C)(C)C)[nH]n1. The fourth-order valence-corrected chi connectivity index (χ4v) is 2.09. The van der Waals surface area contributed by atoms with Gasteiger partial charge in [-0.1, -0.05) is 27.7 Å². The predicted molar refractivity (Wildman–Crippen MR) is 68.1 cm³/mol. The van der Waals surface area contributed by atoms with E-state index in [-0.39, 0.29) is 5.41 Å². The van der Waals surface area contributed by atoms with E-state index in [4.69, 9.17) is 0 Å². The first kappa shape index (κ1) is 14.0. The fourth-order valence-electron chi connectivity index (χ4n) is 1.17. The average Bonchev–Trinajstić information content (AvgIpc) is 2.62. The second kappa shape index (κ2) is 5.05. The molecule has 0 fully saturated rings. The summed E-state index contributed by atoms with van der Waals surface area (Å²) in [5, 5.41) is 6.74. The number of anilines is 1. The van der Waals surface area contributed by atoms with Crippen molar-refractivity contribution >= 4 is 16.0 Å². The molecule has 1 aromatic rings. The lowest BCUT2D eigenvalue weighted by Gasteiger charge is -2.14. The summed E-state index contributed by atoms with van der Waals surface area (Å²) in [6, 6.07) is 1.70. The first-order valence-electron chi connectivity index (χ1n) is 5.58. The molecule has 0 amide bonds. The summed E-state index contributed by atoms with van der Waals surface area (Å²) in [5.74, 6) is 0.304. The topological polar surface area (TPSA) is 86.9 Å². The number of rotatable bonds is 5. The number of H-pyrrole nitrogens is 1. The van der Waals surface area contributed by atoms with Crippen molar-refractivity contribution in [2.75, 3.05) is 11.3 Å². The van der Waals surface area contributed by atoms with Gasteiger partial charge < -0.3 is 0 Å². The summed E-state index contributed by atoms with van der Waals surface area (Å²) in [4.78, 5) is 0. The molecular formula is C10H20N4O2S. The Morgan fingerprint density at radius 1 is 1.41 bits per heavy atom. The third-order valence-corrected chi connectivity index (χ3v) is 3.23. The molecule has 1 heterocycles. The van der Waals surface area contributed by atoms with Gasteiger partial charge in [0, 0.05) is 23.7 Å². The molecule has 0 radical (unpaired) electrons. The van der Waals surface area contributed by atoms with E-state index in [0.29, 0.717) is 12.4 Å². The molecule has 98 valence electrons. The van der Waals surface area contributed by atoms with Crippen molar-refractivity contribution in [3.63, 3.8) is 0 Å². The van der Waals surface area contributed by atoms with Crippen molar-refractivity contribution in [1.82, 2.24) is 14.9 Å². The molecule has 0 spiro atoms. The van der Waals surface area contributed by atoms with Crippen molar-refractivity contribution < 1.29 is 8.42 Å². The maximum absolute atomic E-state index is 11.5. The molecule has 0 aromatic carbocycles. The highest BCUT2D eigenvalue weighted by atomic mass is 32.2. The summed E-state index contributed by atoms with van der Waals surface area (Å²) in [6.45, 7) is 8.37. The first-order chi connectivity index (χ1) is 7.74. The lowest BCUT2D eigenvalue weighted by atomic mass is 9.92. The zero-order valence-electron chi connectivity index (χ0n) is 10.7.